The van der Waals surface area contributed by atoms with Crippen LogP contribution in [0.3, 0.4) is 0 Å². The number of aliphatic hydroxyl groups excluding tert-OH is 1. The molecule has 1 N–H and O–H groups in total. The minimum absolute atomic E-state index is 0.0666. The van der Waals surface area contributed by atoms with E-state index in [1.54, 1.807) is 0 Å². The molecule has 3 nitrogen and oxygen atoms in total. The molecule has 0 saturated carbocycles. The maximum absolute atomic E-state index is 12.8. The molecule has 1 rings (SSSR count). The Labute approximate surface area is 68.4 Å². The molecule has 12 heavy (non-hydrogen) atoms. The van der Waals surface area contributed by atoms with E-state index in [4.69, 9.17) is 5.11 Å². The quantitative estimate of drug-likeness (QED) is 0.543. The van der Waals surface area contributed by atoms with Crippen molar-refractivity contribution in [1.82, 2.24) is 0 Å². The first-order valence-electron chi connectivity index (χ1n) is 3.26. The van der Waals surface area contributed by atoms with Crippen LogP contribution in [0.2, 0.25) is 0 Å². The van der Waals surface area contributed by atoms with Crippen molar-refractivity contribution in [2.75, 3.05) is 6.79 Å². The number of hydrogen-bond acceptors (Lipinski definition) is 3. The number of carbonyl (C=O) groups excluding carboxylic acids is 1. The summed E-state index contributed by atoms with van der Waals surface area (Å²) in [5.74, 6) is -0.725. The fourth-order valence-corrected chi connectivity index (χ4v) is 0.777. The summed E-state index contributed by atoms with van der Waals surface area (Å²) < 4.78 is 17.3. The molecule has 64 valence electrons. The highest BCUT2D eigenvalue weighted by molar-refractivity contribution is 5.74. The van der Waals surface area contributed by atoms with E-state index in [1.165, 1.54) is 12.1 Å². The number of aldehydes is 1. The SMILES string of the molecule is O=Cc1ccc(OCO)c(F)c1. The third kappa shape index (κ3) is 1.79. The molecule has 0 saturated heterocycles. The van der Waals surface area contributed by atoms with E-state index in [9.17, 15) is 9.18 Å². The first-order valence-corrected chi connectivity index (χ1v) is 3.26. The zero-order valence-corrected chi connectivity index (χ0v) is 6.16. The van der Waals surface area contributed by atoms with E-state index in [2.05, 4.69) is 4.74 Å². The van der Waals surface area contributed by atoms with Crippen LogP contribution in [0.4, 0.5) is 4.39 Å². The number of benzene rings is 1. The monoisotopic (exact) mass is 170 g/mol. The first kappa shape index (κ1) is 8.67. The van der Waals surface area contributed by atoms with E-state index in [1.807, 2.05) is 0 Å². The van der Waals surface area contributed by atoms with Crippen molar-refractivity contribution in [3.63, 3.8) is 0 Å². The van der Waals surface area contributed by atoms with Crippen LogP contribution in [0, 0.1) is 5.82 Å². The Morgan fingerprint density at radius 2 is 2.33 bits per heavy atom. The van der Waals surface area contributed by atoms with Crippen LogP contribution in [-0.2, 0) is 0 Å². The van der Waals surface area contributed by atoms with Crippen LogP contribution in [0.25, 0.3) is 0 Å². The zero-order valence-electron chi connectivity index (χ0n) is 6.16. The number of aliphatic hydroxyl groups is 1. The van der Waals surface area contributed by atoms with Gasteiger partial charge < -0.3 is 9.84 Å². The summed E-state index contributed by atoms with van der Waals surface area (Å²) in [7, 11) is 0. The highest BCUT2D eigenvalue weighted by Gasteiger charge is 2.02. The van der Waals surface area contributed by atoms with Gasteiger partial charge in [0.1, 0.15) is 6.29 Å². The van der Waals surface area contributed by atoms with Crippen molar-refractivity contribution < 1.29 is 19.0 Å². The first-order chi connectivity index (χ1) is 5.77. The van der Waals surface area contributed by atoms with Gasteiger partial charge in [0.25, 0.3) is 0 Å². The molecule has 0 bridgehead atoms. The molecule has 0 atom stereocenters. The van der Waals surface area contributed by atoms with Crippen LogP contribution in [0.1, 0.15) is 10.4 Å². The summed E-state index contributed by atoms with van der Waals surface area (Å²) in [4.78, 5) is 10.2. The second kappa shape index (κ2) is 3.82. The van der Waals surface area contributed by atoms with E-state index < -0.39 is 12.6 Å². The molecule has 4 heteroatoms. The van der Waals surface area contributed by atoms with Gasteiger partial charge in [0.15, 0.2) is 18.4 Å². The summed E-state index contributed by atoms with van der Waals surface area (Å²) in [5, 5.41) is 8.31. The predicted molar refractivity (Wildman–Crippen MR) is 39.5 cm³/mol. The molecule has 0 unspecified atom stereocenters. The fraction of sp³-hybridized carbons (Fsp3) is 0.125. The Balaban J connectivity index is 2.94. The largest absolute Gasteiger partial charge is 0.465 e. The van der Waals surface area contributed by atoms with Crippen molar-refractivity contribution in [1.29, 1.82) is 0 Å². The summed E-state index contributed by atoms with van der Waals surface area (Å²) in [6.45, 7) is -0.586. The molecule has 0 aromatic heterocycles. The van der Waals surface area contributed by atoms with Gasteiger partial charge in [-0.15, -0.1) is 0 Å². The van der Waals surface area contributed by atoms with Gasteiger partial charge in [0.2, 0.25) is 0 Å². The molecule has 1 aromatic rings. The van der Waals surface area contributed by atoms with E-state index in [0.29, 0.717) is 6.29 Å². The topological polar surface area (TPSA) is 46.5 Å². The molecule has 0 radical (unpaired) electrons. The van der Waals surface area contributed by atoms with Crippen molar-refractivity contribution in [2.45, 2.75) is 0 Å². The van der Waals surface area contributed by atoms with Gasteiger partial charge >= 0.3 is 0 Å². The molecule has 1 aromatic carbocycles. The lowest BCUT2D eigenvalue weighted by Gasteiger charge is -2.02. The normalized spacial score (nSPS) is 9.50. The van der Waals surface area contributed by atoms with Gasteiger partial charge in [-0.25, -0.2) is 4.39 Å². The van der Waals surface area contributed by atoms with Gasteiger partial charge in [-0.3, -0.25) is 4.79 Å². The third-order valence-corrected chi connectivity index (χ3v) is 1.31. The van der Waals surface area contributed by atoms with Crippen molar-refractivity contribution in [2.24, 2.45) is 0 Å². The van der Waals surface area contributed by atoms with Gasteiger partial charge in [0.05, 0.1) is 0 Å². The standard InChI is InChI=1S/C8H7FO3/c9-7-3-6(4-10)1-2-8(7)12-5-11/h1-4,11H,5H2. The molecular weight excluding hydrogens is 163 g/mol. The van der Waals surface area contributed by atoms with E-state index in [0.717, 1.165) is 6.07 Å². The van der Waals surface area contributed by atoms with Crippen molar-refractivity contribution in [3.8, 4) is 5.75 Å². The molecule has 0 amide bonds. The lowest BCUT2D eigenvalue weighted by atomic mass is 10.2. The van der Waals surface area contributed by atoms with Crippen LogP contribution >= 0.6 is 0 Å². The van der Waals surface area contributed by atoms with Gasteiger partial charge in [-0.1, -0.05) is 0 Å². The minimum atomic E-state index is -0.659. The number of rotatable bonds is 3. The molecular formula is C8H7FO3. The average Bonchev–Trinajstić information content (AvgIpc) is 2.09. The molecule has 0 aliphatic rings. The second-order valence-corrected chi connectivity index (χ2v) is 2.08. The molecule has 0 aliphatic carbocycles. The predicted octanol–water partition coefficient (Wildman–Crippen LogP) is 0.967. The maximum atomic E-state index is 12.8. The Bertz CT molecular complexity index is 286. The summed E-state index contributed by atoms with van der Waals surface area (Å²) in [5.41, 5.74) is 0.234. The molecule has 0 heterocycles. The smallest absolute Gasteiger partial charge is 0.186 e. The summed E-state index contributed by atoms with van der Waals surface area (Å²) >= 11 is 0. The summed E-state index contributed by atoms with van der Waals surface area (Å²) in [6, 6.07) is 3.73. The van der Waals surface area contributed by atoms with Crippen LogP contribution in [0.15, 0.2) is 18.2 Å². The van der Waals surface area contributed by atoms with Crippen molar-refractivity contribution >= 4 is 6.29 Å². The van der Waals surface area contributed by atoms with Gasteiger partial charge in [0, 0.05) is 5.56 Å². The lowest BCUT2D eigenvalue weighted by Crippen LogP contribution is -1.97. The van der Waals surface area contributed by atoms with E-state index >= 15 is 0 Å². The molecule has 0 aliphatic heterocycles. The third-order valence-electron chi connectivity index (χ3n) is 1.31. The zero-order chi connectivity index (χ0) is 8.97. The lowest BCUT2D eigenvalue weighted by molar-refractivity contribution is 0.0944. The van der Waals surface area contributed by atoms with Crippen LogP contribution in [-0.4, -0.2) is 18.2 Å². The van der Waals surface area contributed by atoms with Crippen LogP contribution in [0.5, 0.6) is 5.75 Å². The number of halogens is 1. The number of hydrogen-bond donors (Lipinski definition) is 1. The average molecular weight is 170 g/mol. The number of carbonyl (C=O) groups is 1. The molecule has 0 fully saturated rings. The van der Waals surface area contributed by atoms with Crippen molar-refractivity contribution in [3.05, 3.63) is 29.6 Å². The minimum Gasteiger partial charge on any atom is -0.465 e. The number of ether oxygens (including phenoxy) is 1. The van der Waals surface area contributed by atoms with Gasteiger partial charge in [-0.05, 0) is 18.2 Å². The Morgan fingerprint density at radius 1 is 1.58 bits per heavy atom. The highest BCUT2D eigenvalue weighted by Crippen LogP contribution is 2.16. The van der Waals surface area contributed by atoms with Gasteiger partial charge in [-0.2, -0.15) is 0 Å². The molecule has 0 spiro atoms. The Kier molecular flexibility index (Phi) is 2.76. The maximum Gasteiger partial charge on any atom is 0.186 e. The highest BCUT2D eigenvalue weighted by atomic mass is 19.1. The van der Waals surface area contributed by atoms with E-state index in [-0.39, 0.29) is 11.3 Å². The Morgan fingerprint density at radius 3 is 2.83 bits per heavy atom. The second-order valence-electron chi connectivity index (χ2n) is 2.08. The van der Waals surface area contributed by atoms with Crippen LogP contribution < -0.4 is 4.74 Å². The Hall–Kier alpha value is -1.42. The summed E-state index contributed by atoms with van der Waals surface area (Å²) in [6.07, 6.45) is 0.534. The fourth-order valence-electron chi connectivity index (χ4n) is 0.777.